The molecule has 0 saturated heterocycles. The number of hydrogen-bond acceptors (Lipinski definition) is 1. The summed E-state index contributed by atoms with van der Waals surface area (Å²) in [7, 11) is 2.00. The molecule has 1 N–H and O–H groups in total. The molecule has 1 aliphatic rings. The third-order valence-electron chi connectivity index (χ3n) is 1.59. The molecule has 47 valence electrons. The Morgan fingerprint density at radius 1 is 1.20 bits per heavy atom. The third kappa shape index (κ3) is 0.818. The smallest absolute Gasteiger partial charge is 0.282 e. The first-order valence-electron chi connectivity index (χ1n) is 3.32. The highest BCUT2D eigenvalue weighted by Gasteiger charge is 2.02. The lowest BCUT2D eigenvalue weighted by Crippen LogP contribution is -2.31. The second kappa shape index (κ2) is 2.22. The van der Waals surface area contributed by atoms with E-state index in [4.69, 9.17) is 0 Å². The molecule has 0 spiro atoms. The second-order valence-corrected chi connectivity index (χ2v) is 2.27. The summed E-state index contributed by atoms with van der Waals surface area (Å²) in [5, 5.41) is 3.04. The average Bonchev–Trinajstić information content (AvgIpc) is 2.05. The van der Waals surface area contributed by atoms with Crippen molar-refractivity contribution in [3.63, 3.8) is 0 Å². The van der Waals surface area contributed by atoms with Crippen LogP contribution in [0.2, 0.25) is 0 Å². The van der Waals surface area contributed by atoms with Gasteiger partial charge >= 0.3 is 0 Å². The van der Waals surface area contributed by atoms with Crippen LogP contribution in [0.1, 0.15) is 5.56 Å². The Hall–Kier alpha value is -1.18. The van der Waals surface area contributed by atoms with Gasteiger partial charge in [0.05, 0.1) is 0 Å². The molecule has 0 aliphatic carbocycles. The Kier molecular flexibility index (Phi) is 1.24. The molecule has 2 heteroatoms. The van der Waals surface area contributed by atoms with Gasteiger partial charge in [-0.05, 0) is 17.8 Å². The molecular weight excluding hydrogens is 121 g/mol. The van der Waals surface area contributed by atoms with E-state index in [0.29, 0.717) is 0 Å². The SMILES string of the molecule is [B]1NC=Cc2ccccc21. The largest absolute Gasteiger partial charge is 0.434 e. The van der Waals surface area contributed by atoms with Crippen LogP contribution in [0.15, 0.2) is 30.5 Å². The zero-order valence-corrected chi connectivity index (χ0v) is 5.54. The summed E-state index contributed by atoms with van der Waals surface area (Å²) in [5.74, 6) is 0. The number of rotatable bonds is 0. The minimum Gasteiger partial charge on any atom is -0.434 e. The fourth-order valence-corrected chi connectivity index (χ4v) is 1.07. The monoisotopic (exact) mass is 128 g/mol. The lowest BCUT2D eigenvalue weighted by Gasteiger charge is -2.08. The van der Waals surface area contributed by atoms with Gasteiger partial charge in [-0.1, -0.05) is 29.7 Å². The van der Waals surface area contributed by atoms with Crippen LogP contribution in [0, 0.1) is 0 Å². The van der Waals surface area contributed by atoms with Crippen molar-refractivity contribution in [2.45, 2.75) is 0 Å². The van der Waals surface area contributed by atoms with Gasteiger partial charge in [0.1, 0.15) is 0 Å². The molecule has 0 amide bonds. The minimum atomic E-state index is 1.25. The highest BCUT2D eigenvalue weighted by molar-refractivity contribution is 6.53. The predicted molar refractivity (Wildman–Crippen MR) is 44.0 cm³/mol. The summed E-state index contributed by atoms with van der Waals surface area (Å²) in [5.41, 5.74) is 2.53. The van der Waals surface area contributed by atoms with Crippen LogP contribution in [-0.4, -0.2) is 7.41 Å². The van der Waals surface area contributed by atoms with Gasteiger partial charge in [-0.3, -0.25) is 0 Å². The van der Waals surface area contributed by atoms with E-state index in [1.54, 1.807) is 0 Å². The van der Waals surface area contributed by atoms with Crippen molar-refractivity contribution in [1.29, 1.82) is 0 Å². The lowest BCUT2D eigenvalue weighted by atomic mass is 9.78. The van der Waals surface area contributed by atoms with E-state index >= 15 is 0 Å². The maximum Gasteiger partial charge on any atom is 0.282 e. The van der Waals surface area contributed by atoms with Crippen molar-refractivity contribution < 1.29 is 0 Å². The molecule has 10 heavy (non-hydrogen) atoms. The topological polar surface area (TPSA) is 12.0 Å². The Morgan fingerprint density at radius 3 is 3.00 bits per heavy atom. The highest BCUT2D eigenvalue weighted by atomic mass is 14.7. The maximum atomic E-state index is 3.04. The van der Waals surface area contributed by atoms with Gasteiger partial charge in [-0.15, -0.1) is 0 Å². The zero-order chi connectivity index (χ0) is 6.81. The first kappa shape index (κ1) is 5.60. The molecule has 1 heterocycles. The number of hydrogen-bond donors (Lipinski definition) is 1. The molecule has 1 aromatic rings. The van der Waals surface area contributed by atoms with Gasteiger partial charge < -0.3 is 5.23 Å². The van der Waals surface area contributed by atoms with Crippen LogP contribution in [0.25, 0.3) is 6.08 Å². The van der Waals surface area contributed by atoms with E-state index in [0.717, 1.165) is 0 Å². The lowest BCUT2D eigenvalue weighted by molar-refractivity contribution is 1.37. The Morgan fingerprint density at radius 2 is 2.10 bits per heavy atom. The molecule has 0 bridgehead atoms. The average molecular weight is 128 g/mol. The van der Waals surface area contributed by atoms with Gasteiger partial charge in [0, 0.05) is 0 Å². The molecule has 0 fully saturated rings. The number of benzene rings is 1. The standard InChI is InChI=1S/C8H7BN/c1-2-4-8-7(3-1)5-6-10-9-8/h1-6,10H. The first-order chi connectivity index (χ1) is 4.97. The fourth-order valence-electron chi connectivity index (χ4n) is 1.07. The molecule has 0 atom stereocenters. The van der Waals surface area contributed by atoms with Gasteiger partial charge in [0.2, 0.25) is 0 Å². The van der Waals surface area contributed by atoms with Crippen LogP contribution < -0.4 is 10.7 Å². The van der Waals surface area contributed by atoms with Gasteiger partial charge in [-0.2, -0.15) is 0 Å². The van der Waals surface area contributed by atoms with E-state index in [1.165, 1.54) is 11.0 Å². The van der Waals surface area contributed by atoms with E-state index in [1.807, 2.05) is 25.7 Å². The normalized spacial score (nSPS) is 13.2. The Balaban J connectivity index is 2.54. The highest BCUT2D eigenvalue weighted by Crippen LogP contribution is 1.99. The Labute approximate surface area is 61.0 Å². The van der Waals surface area contributed by atoms with Gasteiger partial charge in [-0.25, -0.2) is 0 Å². The van der Waals surface area contributed by atoms with E-state index in [2.05, 4.69) is 23.4 Å². The predicted octanol–water partition coefficient (Wildman–Crippen LogP) is 0.505. The van der Waals surface area contributed by atoms with Crippen molar-refractivity contribution in [2.24, 2.45) is 0 Å². The molecule has 1 aromatic carbocycles. The van der Waals surface area contributed by atoms with E-state index in [-0.39, 0.29) is 0 Å². The van der Waals surface area contributed by atoms with Crippen LogP contribution in [0.5, 0.6) is 0 Å². The first-order valence-corrected chi connectivity index (χ1v) is 3.32. The Bertz CT molecular complexity index is 268. The van der Waals surface area contributed by atoms with Crippen molar-refractivity contribution in [3.05, 3.63) is 36.0 Å². The van der Waals surface area contributed by atoms with Crippen molar-refractivity contribution in [1.82, 2.24) is 5.23 Å². The summed E-state index contributed by atoms with van der Waals surface area (Å²) in [6.07, 6.45) is 4.00. The van der Waals surface area contributed by atoms with Crippen molar-refractivity contribution >= 4 is 19.0 Å². The third-order valence-corrected chi connectivity index (χ3v) is 1.59. The summed E-state index contributed by atoms with van der Waals surface area (Å²) in [6, 6.07) is 8.27. The molecule has 2 rings (SSSR count). The molecule has 1 aliphatic heterocycles. The molecule has 0 saturated carbocycles. The van der Waals surface area contributed by atoms with E-state index < -0.39 is 0 Å². The maximum absolute atomic E-state index is 3.04. The summed E-state index contributed by atoms with van der Waals surface area (Å²) < 4.78 is 0. The number of nitrogens with one attached hydrogen (secondary N) is 1. The van der Waals surface area contributed by atoms with Crippen molar-refractivity contribution in [2.75, 3.05) is 0 Å². The molecule has 1 radical (unpaired) electrons. The summed E-state index contributed by atoms with van der Waals surface area (Å²) in [6.45, 7) is 0. The van der Waals surface area contributed by atoms with Gasteiger partial charge in [0.15, 0.2) is 0 Å². The minimum absolute atomic E-state index is 1.25. The van der Waals surface area contributed by atoms with Crippen molar-refractivity contribution in [3.8, 4) is 0 Å². The number of fused-ring (bicyclic) bond motifs is 1. The van der Waals surface area contributed by atoms with Crippen LogP contribution in [0.4, 0.5) is 0 Å². The van der Waals surface area contributed by atoms with Crippen LogP contribution >= 0.6 is 0 Å². The van der Waals surface area contributed by atoms with Gasteiger partial charge in [0.25, 0.3) is 7.41 Å². The molecular formula is C8H7BN. The molecule has 0 unspecified atom stereocenters. The molecule has 1 nitrogen and oxygen atoms in total. The quantitative estimate of drug-likeness (QED) is 0.501. The fraction of sp³-hybridized carbons (Fsp3) is 0. The molecule has 0 aromatic heterocycles. The van der Waals surface area contributed by atoms with E-state index in [9.17, 15) is 0 Å². The zero-order valence-electron chi connectivity index (χ0n) is 5.54. The summed E-state index contributed by atoms with van der Waals surface area (Å²) in [4.78, 5) is 0. The van der Waals surface area contributed by atoms with Crippen LogP contribution in [0.3, 0.4) is 0 Å². The van der Waals surface area contributed by atoms with Crippen LogP contribution in [-0.2, 0) is 0 Å². The second-order valence-electron chi connectivity index (χ2n) is 2.27. The summed E-state index contributed by atoms with van der Waals surface area (Å²) >= 11 is 0.